The molecule has 0 bridgehead atoms. The summed E-state index contributed by atoms with van der Waals surface area (Å²) in [7, 11) is 1.93. The molecule has 94 valence electrons. The molecule has 0 atom stereocenters. The van der Waals surface area contributed by atoms with Crippen molar-refractivity contribution in [1.82, 2.24) is 10.3 Å². The fourth-order valence-electron chi connectivity index (χ4n) is 1.91. The largest absolute Gasteiger partial charge is 0.454 e. The number of fused-ring (bicyclic) bond motifs is 1. The van der Waals surface area contributed by atoms with Gasteiger partial charge in [0.1, 0.15) is 5.01 Å². The molecule has 0 saturated carbocycles. The van der Waals surface area contributed by atoms with Crippen LogP contribution in [0.2, 0.25) is 0 Å². The number of nitrogens with zero attached hydrogens (tertiary/aromatic N) is 1. The van der Waals surface area contributed by atoms with Crippen LogP contribution in [-0.2, 0) is 6.54 Å². The number of rotatable bonds is 3. The van der Waals surface area contributed by atoms with E-state index in [0.29, 0.717) is 6.79 Å². The number of ether oxygens (including phenoxy) is 2. The molecule has 4 nitrogen and oxygen atoms in total. The highest BCUT2D eigenvalue weighted by Crippen LogP contribution is 2.37. The van der Waals surface area contributed by atoms with E-state index >= 15 is 0 Å². The second-order valence-electron chi connectivity index (χ2n) is 4.12. The summed E-state index contributed by atoms with van der Waals surface area (Å²) in [6, 6.07) is 5.95. The summed E-state index contributed by atoms with van der Waals surface area (Å²) in [5.41, 5.74) is 2.19. The number of thiazole rings is 1. The van der Waals surface area contributed by atoms with Gasteiger partial charge in [-0.3, -0.25) is 0 Å². The zero-order valence-electron chi connectivity index (χ0n) is 10.3. The van der Waals surface area contributed by atoms with Crippen LogP contribution in [-0.4, -0.2) is 18.8 Å². The number of hydrogen-bond donors (Lipinski definition) is 1. The van der Waals surface area contributed by atoms with E-state index in [4.69, 9.17) is 9.47 Å². The number of nitrogens with one attached hydrogen (secondary N) is 1. The van der Waals surface area contributed by atoms with Crippen molar-refractivity contribution in [3.8, 4) is 22.1 Å². The Balaban J connectivity index is 1.97. The summed E-state index contributed by atoms with van der Waals surface area (Å²) in [6.07, 6.45) is 0. The molecule has 1 N–H and O–H groups in total. The molecule has 1 aliphatic rings. The van der Waals surface area contributed by atoms with Crippen LogP contribution in [0, 0.1) is 6.92 Å². The van der Waals surface area contributed by atoms with Crippen LogP contribution in [0.3, 0.4) is 0 Å². The maximum absolute atomic E-state index is 5.39. The van der Waals surface area contributed by atoms with E-state index in [1.807, 2.05) is 25.2 Å². The van der Waals surface area contributed by atoms with Crippen LogP contribution in [0.5, 0.6) is 11.5 Å². The third kappa shape index (κ3) is 1.95. The van der Waals surface area contributed by atoms with Crippen LogP contribution in [0.25, 0.3) is 10.6 Å². The molecule has 0 radical (unpaired) electrons. The standard InChI is InChI=1S/C13H14N2O2S/c1-8-10(6-14-2)15-13(18-8)9-3-4-11-12(5-9)17-7-16-11/h3-5,14H,6-7H2,1-2H3. The predicted octanol–water partition coefficient (Wildman–Crippen LogP) is 2.57. The second-order valence-corrected chi connectivity index (χ2v) is 5.32. The highest BCUT2D eigenvalue weighted by Gasteiger charge is 2.16. The summed E-state index contributed by atoms with van der Waals surface area (Å²) < 4.78 is 10.7. The summed E-state index contributed by atoms with van der Waals surface area (Å²) in [5.74, 6) is 1.61. The van der Waals surface area contributed by atoms with Crippen molar-refractivity contribution in [2.75, 3.05) is 13.8 Å². The molecular formula is C13H14N2O2S. The minimum atomic E-state index is 0.306. The molecule has 1 aromatic heterocycles. The smallest absolute Gasteiger partial charge is 0.231 e. The van der Waals surface area contributed by atoms with Crippen LogP contribution >= 0.6 is 11.3 Å². The third-order valence-corrected chi connectivity index (χ3v) is 3.92. The average molecular weight is 262 g/mol. The molecule has 1 aliphatic heterocycles. The lowest BCUT2D eigenvalue weighted by Crippen LogP contribution is -2.06. The van der Waals surface area contributed by atoms with Gasteiger partial charge in [-0.25, -0.2) is 4.98 Å². The van der Waals surface area contributed by atoms with Gasteiger partial charge < -0.3 is 14.8 Å². The SMILES string of the molecule is CNCc1nc(-c2ccc3c(c2)OCO3)sc1C. The fourth-order valence-corrected chi connectivity index (χ4v) is 2.84. The van der Waals surface area contributed by atoms with Crippen LogP contribution < -0.4 is 14.8 Å². The van der Waals surface area contributed by atoms with Gasteiger partial charge in [0.15, 0.2) is 11.5 Å². The topological polar surface area (TPSA) is 43.4 Å². The second kappa shape index (κ2) is 4.59. The lowest BCUT2D eigenvalue weighted by Gasteiger charge is -1.99. The van der Waals surface area contributed by atoms with Crippen molar-refractivity contribution in [2.24, 2.45) is 0 Å². The third-order valence-electron chi connectivity index (χ3n) is 2.86. The first kappa shape index (κ1) is 11.5. The van der Waals surface area contributed by atoms with Crippen molar-refractivity contribution in [1.29, 1.82) is 0 Å². The first-order valence-corrected chi connectivity index (χ1v) is 6.60. The molecule has 0 aliphatic carbocycles. The van der Waals surface area contributed by atoms with Crippen molar-refractivity contribution in [2.45, 2.75) is 13.5 Å². The van der Waals surface area contributed by atoms with Gasteiger partial charge in [0.2, 0.25) is 6.79 Å². The first-order valence-electron chi connectivity index (χ1n) is 5.79. The molecule has 0 fully saturated rings. The molecule has 0 amide bonds. The molecule has 0 unspecified atom stereocenters. The predicted molar refractivity (Wildman–Crippen MR) is 71.2 cm³/mol. The lowest BCUT2D eigenvalue weighted by molar-refractivity contribution is 0.174. The van der Waals surface area contributed by atoms with E-state index in [1.165, 1.54) is 4.88 Å². The van der Waals surface area contributed by atoms with Gasteiger partial charge in [0, 0.05) is 17.0 Å². The Hall–Kier alpha value is -1.59. The number of aromatic nitrogens is 1. The van der Waals surface area contributed by atoms with E-state index in [2.05, 4.69) is 17.2 Å². The zero-order chi connectivity index (χ0) is 12.5. The molecule has 2 aromatic rings. The molecule has 18 heavy (non-hydrogen) atoms. The number of benzene rings is 1. The molecule has 1 aromatic carbocycles. The van der Waals surface area contributed by atoms with Gasteiger partial charge in [-0.05, 0) is 32.2 Å². The van der Waals surface area contributed by atoms with Crippen molar-refractivity contribution in [3.63, 3.8) is 0 Å². The minimum absolute atomic E-state index is 0.306. The highest BCUT2D eigenvalue weighted by atomic mass is 32.1. The van der Waals surface area contributed by atoms with Crippen molar-refractivity contribution >= 4 is 11.3 Å². The Bertz CT molecular complexity index is 580. The van der Waals surface area contributed by atoms with Crippen molar-refractivity contribution in [3.05, 3.63) is 28.8 Å². The van der Waals surface area contributed by atoms with Gasteiger partial charge in [-0.2, -0.15) is 0 Å². The molecule has 0 spiro atoms. The molecule has 2 heterocycles. The van der Waals surface area contributed by atoms with Crippen LogP contribution in [0.1, 0.15) is 10.6 Å². The summed E-state index contributed by atoms with van der Waals surface area (Å²) in [5, 5.41) is 4.15. The lowest BCUT2D eigenvalue weighted by atomic mass is 10.2. The van der Waals surface area contributed by atoms with E-state index in [0.717, 1.165) is 34.3 Å². The molecule has 0 saturated heterocycles. The van der Waals surface area contributed by atoms with Gasteiger partial charge in [0.05, 0.1) is 5.69 Å². The van der Waals surface area contributed by atoms with Gasteiger partial charge in [-0.15, -0.1) is 11.3 Å². The summed E-state index contributed by atoms with van der Waals surface area (Å²) in [6.45, 7) is 3.20. The Morgan fingerprint density at radius 3 is 3.00 bits per heavy atom. The first-order chi connectivity index (χ1) is 8.78. The quantitative estimate of drug-likeness (QED) is 0.923. The molecule has 5 heteroatoms. The normalized spacial score (nSPS) is 13.0. The number of hydrogen-bond acceptors (Lipinski definition) is 5. The molecule has 3 rings (SSSR count). The maximum atomic E-state index is 5.39. The monoisotopic (exact) mass is 262 g/mol. The van der Waals surface area contributed by atoms with E-state index < -0.39 is 0 Å². The van der Waals surface area contributed by atoms with Crippen molar-refractivity contribution < 1.29 is 9.47 Å². The summed E-state index contributed by atoms with van der Waals surface area (Å²) >= 11 is 1.71. The highest BCUT2D eigenvalue weighted by molar-refractivity contribution is 7.15. The Labute approximate surface area is 110 Å². The Morgan fingerprint density at radius 2 is 2.17 bits per heavy atom. The van der Waals surface area contributed by atoms with Gasteiger partial charge >= 0.3 is 0 Å². The van der Waals surface area contributed by atoms with Crippen LogP contribution in [0.4, 0.5) is 0 Å². The molecular weight excluding hydrogens is 248 g/mol. The van der Waals surface area contributed by atoms with Crippen LogP contribution in [0.15, 0.2) is 18.2 Å². The van der Waals surface area contributed by atoms with Gasteiger partial charge in [-0.1, -0.05) is 0 Å². The number of aryl methyl sites for hydroxylation is 1. The minimum Gasteiger partial charge on any atom is -0.454 e. The summed E-state index contributed by atoms with van der Waals surface area (Å²) in [4.78, 5) is 5.90. The Kier molecular flexibility index (Phi) is 2.93. The van der Waals surface area contributed by atoms with Gasteiger partial charge in [0.25, 0.3) is 0 Å². The van der Waals surface area contributed by atoms with E-state index in [9.17, 15) is 0 Å². The average Bonchev–Trinajstić information content (AvgIpc) is 2.96. The zero-order valence-corrected chi connectivity index (χ0v) is 11.1. The maximum Gasteiger partial charge on any atom is 0.231 e. The van der Waals surface area contributed by atoms with E-state index in [1.54, 1.807) is 11.3 Å². The fraction of sp³-hybridized carbons (Fsp3) is 0.308. The van der Waals surface area contributed by atoms with E-state index in [-0.39, 0.29) is 0 Å². The Morgan fingerprint density at radius 1 is 1.33 bits per heavy atom.